The van der Waals surface area contributed by atoms with Gasteiger partial charge in [0.05, 0.1) is 12.7 Å². The number of aryl methyl sites for hydroxylation is 1. The Kier molecular flexibility index (Phi) is 5.65. The number of rotatable bonds is 8. The summed E-state index contributed by atoms with van der Waals surface area (Å²) >= 11 is 0. The molecule has 2 rings (SSSR count). The second-order valence-corrected chi connectivity index (χ2v) is 4.92. The third-order valence-electron chi connectivity index (χ3n) is 3.06. The van der Waals surface area contributed by atoms with Crippen LogP contribution in [0.5, 0.6) is 0 Å². The Morgan fingerprint density at radius 2 is 2.00 bits per heavy atom. The minimum Gasteiger partial charge on any atom is -0.480 e. The molecule has 7 nitrogen and oxygen atoms in total. The first-order valence-corrected chi connectivity index (χ1v) is 7.05. The molecule has 2 N–H and O–H groups in total. The maximum Gasteiger partial charge on any atom is 0.325 e. The van der Waals surface area contributed by atoms with Crippen molar-refractivity contribution >= 4 is 11.9 Å². The molecule has 0 atom stereocenters. The zero-order valence-corrected chi connectivity index (χ0v) is 12.1. The molecule has 0 aliphatic rings. The van der Waals surface area contributed by atoms with Crippen LogP contribution in [0.3, 0.4) is 0 Å². The molecule has 0 unspecified atom stereocenters. The number of benzene rings is 1. The van der Waals surface area contributed by atoms with Crippen LogP contribution in [0.4, 0.5) is 0 Å². The molecule has 0 radical (unpaired) electrons. The third kappa shape index (κ3) is 5.35. The summed E-state index contributed by atoms with van der Waals surface area (Å²) in [6.45, 7) is 0.0157. The Labute approximate surface area is 128 Å². The standard InChI is InChI=1S/C15H18N4O3/c20-14(8-4-7-12-5-2-1-3-6-12)16-9-13-10-19(18-17-13)11-15(21)22/h1-3,5-6,10H,4,7-9,11H2,(H,16,20)(H,21,22). The van der Waals surface area contributed by atoms with Crippen molar-refractivity contribution in [3.8, 4) is 0 Å². The van der Waals surface area contributed by atoms with E-state index >= 15 is 0 Å². The summed E-state index contributed by atoms with van der Waals surface area (Å²) in [7, 11) is 0. The van der Waals surface area contributed by atoms with Crippen LogP contribution in [-0.2, 0) is 29.1 Å². The first-order valence-electron chi connectivity index (χ1n) is 7.05. The number of carboxylic acids is 1. The van der Waals surface area contributed by atoms with Crippen molar-refractivity contribution in [2.75, 3.05) is 0 Å². The van der Waals surface area contributed by atoms with E-state index in [0.717, 1.165) is 12.8 Å². The summed E-state index contributed by atoms with van der Waals surface area (Å²) in [4.78, 5) is 22.3. The van der Waals surface area contributed by atoms with Gasteiger partial charge < -0.3 is 10.4 Å². The highest BCUT2D eigenvalue weighted by Gasteiger charge is 2.06. The largest absolute Gasteiger partial charge is 0.480 e. The molecule has 2 aromatic rings. The Morgan fingerprint density at radius 3 is 2.73 bits per heavy atom. The summed E-state index contributed by atoms with van der Waals surface area (Å²) in [5.74, 6) is -1.04. The topological polar surface area (TPSA) is 97.1 Å². The van der Waals surface area contributed by atoms with Gasteiger partial charge in [0, 0.05) is 6.42 Å². The van der Waals surface area contributed by atoms with Crippen LogP contribution in [0.25, 0.3) is 0 Å². The molecular formula is C15H18N4O3. The van der Waals surface area contributed by atoms with Crippen LogP contribution in [0, 0.1) is 0 Å². The number of aliphatic carboxylic acids is 1. The fourth-order valence-electron chi connectivity index (χ4n) is 2.01. The first kappa shape index (κ1) is 15.7. The van der Waals surface area contributed by atoms with E-state index in [0.29, 0.717) is 12.1 Å². The number of carboxylic acid groups (broad SMARTS) is 1. The van der Waals surface area contributed by atoms with Crippen molar-refractivity contribution in [3.63, 3.8) is 0 Å². The Bertz CT molecular complexity index is 625. The van der Waals surface area contributed by atoms with Crippen LogP contribution in [0.1, 0.15) is 24.1 Å². The van der Waals surface area contributed by atoms with Crippen molar-refractivity contribution in [1.29, 1.82) is 0 Å². The van der Waals surface area contributed by atoms with Gasteiger partial charge in [0.1, 0.15) is 12.2 Å². The Balaban J connectivity index is 1.67. The molecule has 0 fully saturated rings. The van der Waals surface area contributed by atoms with Gasteiger partial charge in [-0.1, -0.05) is 35.5 Å². The number of carbonyl (C=O) groups excluding carboxylic acids is 1. The Hall–Kier alpha value is -2.70. The maximum absolute atomic E-state index is 11.7. The number of aromatic nitrogens is 3. The van der Waals surface area contributed by atoms with E-state index in [1.54, 1.807) is 0 Å². The van der Waals surface area contributed by atoms with Crippen LogP contribution in [-0.4, -0.2) is 32.0 Å². The maximum atomic E-state index is 11.7. The van der Waals surface area contributed by atoms with Gasteiger partial charge in [-0.05, 0) is 18.4 Å². The van der Waals surface area contributed by atoms with E-state index in [-0.39, 0.29) is 19.0 Å². The van der Waals surface area contributed by atoms with Gasteiger partial charge >= 0.3 is 5.97 Å². The molecule has 116 valence electrons. The molecule has 1 heterocycles. The molecule has 0 bridgehead atoms. The monoisotopic (exact) mass is 302 g/mol. The lowest BCUT2D eigenvalue weighted by Gasteiger charge is -2.03. The van der Waals surface area contributed by atoms with E-state index in [1.165, 1.54) is 16.4 Å². The highest BCUT2D eigenvalue weighted by Crippen LogP contribution is 2.04. The summed E-state index contributed by atoms with van der Waals surface area (Å²) < 4.78 is 1.22. The molecule has 1 aromatic carbocycles. The molecule has 0 saturated heterocycles. The SMILES string of the molecule is O=C(O)Cn1cc(CNC(=O)CCCc2ccccc2)nn1. The van der Waals surface area contributed by atoms with Gasteiger partial charge in [-0.25, -0.2) is 4.68 Å². The molecular weight excluding hydrogens is 284 g/mol. The number of amides is 1. The first-order chi connectivity index (χ1) is 10.6. The Morgan fingerprint density at radius 1 is 1.23 bits per heavy atom. The average molecular weight is 302 g/mol. The van der Waals surface area contributed by atoms with Crippen LogP contribution in [0.2, 0.25) is 0 Å². The van der Waals surface area contributed by atoms with Crippen molar-refractivity contribution in [2.45, 2.75) is 32.4 Å². The number of nitrogens with zero attached hydrogens (tertiary/aromatic N) is 3. The molecule has 1 aromatic heterocycles. The second kappa shape index (κ2) is 7.92. The van der Waals surface area contributed by atoms with Gasteiger partial charge in [0.25, 0.3) is 0 Å². The zero-order chi connectivity index (χ0) is 15.8. The van der Waals surface area contributed by atoms with Crippen molar-refractivity contribution < 1.29 is 14.7 Å². The van der Waals surface area contributed by atoms with E-state index < -0.39 is 5.97 Å². The molecule has 0 aliphatic heterocycles. The molecule has 0 spiro atoms. The number of nitrogens with one attached hydrogen (secondary N) is 1. The quantitative estimate of drug-likeness (QED) is 0.758. The summed E-state index contributed by atoms with van der Waals surface area (Å²) in [5.41, 5.74) is 1.75. The smallest absolute Gasteiger partial charge is 0.325 e. The lowest BCUT2D eigenvalue weighted by atomic mass is 10.1. The van der Waals surface area contributed by atoms with E-state index in [4.69, 9.17) is 5.11 Å². The molecule has 0 saturated carbocycles. The minimum absolute atomic E-state index is 0.0521. The van der Waals surface area contributed by atoms with Gasteiger partial charge in [0.2, 0.25) is 5.91 Å². The molecule has 1 amide bonds. The van der Waals surface area contributed by atoms with E-state index in [1.807, 2.05) is 30.3 Å². The van der Waals surface area contributed by atoms with Crippen molar-refractivity contribution in [1.82, 2.24) is 20.3 Å². The summed E-state index contributed by atoms with van der Waals surface area (Å²) in [6.07, 6.45) is 3.60. The average Bonchev–Trinajstić information content (AvgIpc) is 2.93. The van der Waals surface area contributed by atoms with E-state index in [9.17, 15) is 9.59 Å². The van der Waals surface area contributed by atoms with Crippen LogP contribution >= 0.6 is 0 Å². The molecule has 0 aliphatic carbocycles. The number of hydrogen-bond acceptors (Lipinski definition) is 4. The fourth-order valence-corrected chi connectivity index (χ4v) is 2.01. The highest BCUT2D eigenvalue weighted by atomic mass is 16.4. The second-order valence-electron chi connectivity index (χ2n) is 4.92. The van der Waals surface area contributed by atoms with Gasteiger partial charge in [-0.3, -0.25) is 9.59 Å². The van der Waals surface area contributed by atoms with Gasteiger partial charge in [-0.15, -0.1) is 5.10 Å². The molecule has 7 heteroatoms. The van der Waals surface area contributed by atoms with Crippen molar-refractivity contribution in [3.05, 3.63) is 47.8 Å². The predicted molar refractivity (Wildman–Crippen MR) is 78.9 cm³/mol. The number of carbonyl (C=O) groups is 2. The normalized spacial score (nSPS) is 10.4. The van der Waals surface area contributed by atoms with Crippen LogP contribution < -0.4 is 5.32 Å². The van der Waals surface area contributed by atoms with E-state index in [2.05, 4.69) is 15.6 Å². The fraction of sp³-hybridized carbons (Fsp3) is 0.333. The van der Waals surface area contributed by atoms with Gasteiger partial charge in [-0.2, -0.15) is 0 Å². The number of hydrogen-bond donors (Lipinski definition) is 2. The van der Waals surface area contributed by atoms with Crippen molar-refractivity contribution in [2.24, 2.45) is 0 Å². The van der Waals surface area contributed by atoms with Crippen LogP contribution in [0.15, 0.2) is 36.5 Å². The highest BCUT2D eigenvalue weighted by molar-refractivity contribution is 5.75. The van der Waals surface area contributed by atoms with Gasteiger partial charge in [0.15, 0.2) is 0 Å². The summed E-state index contributed by atoms with van der Waals surface area (Å²) in [6, 6.07) is 10.0. The lowest BCUT2D eigenvalue weighted by molar-refractivity contribution is -0.138. The lowest BCUT2D eigenvalue weighted by Crippen LogP contribution is -2.22. The predicted octanol–water partition coefficient (Wildman–Crippen LogP) is 1.00. The third-order valence-corrected chi connectivity index (χ3v) is 3.06. The molecule has 22 heavy (non-hydrogen) atoms. The zero-order valence-electron chi connectivity index (χ0n) is 12.1. The summed E-state index contributed by atoms with van der Waals surface area (Å²) in [5, 5.41) is 18.9. The minimum atomic E-state index is -0.985.